The van der Waals surface area contributed by atoms with Crippen LogP contribution in [-0.2, 0) is 33.5 Å². The van der Waals surface area contributed by atoms with E-state index in [1.165, 1.54) is 30.4 Å². The summed E-state index contributed by atoms with van der Waals surface area (Å²) in [7, 11) is 1.66. The smallest absolute Gasteiger partial charge is 0.224 e. The van der Waals surface area contributed by atoms with Crippen molar-refractivity contribution in [2.45, 2.75) is 38.5 Å². The van der Waals surface area contributed by atoms with Crippen LogP contribution in [0.3, 0.4) is 0 Å². The maximum absolute atomic E-state index is 11.9. The minimum atomic E-state index is 0.0904. The molecule has 1 N–H and O–H groups in total. The quantitative estimate of drug-likeness (QED) is 0.712. The molecule has 2 rings (SSSR count). The molecule has 1 aliphatic rings. The van der Waals surface area contributed by atoms with Crippen LogP contribution in [-0.4, -0.2) is 39.4 Å². The molecule has 1 amide bonds. The normalized spacial score (nSPS) is 13.7. The Balaban J connectivity index is 1.64. The van der Waals surface area contributed by atoms with Gasteiger partial charge in [-0.05, 0) is 48.8 Å². The Labute approximate surface area is 133 Å². The van der Waals surface area contributed by atoms with Gasteiger partial charge in [0.1, 0.15) is 0 Å². The Hall–Kier alpha value is -1.39. The molecule has 122 valence electrons. The van der Waals surface area contributed by atoms with Gasteiger partial charge in [0.25, 0.3) is 0 Å². The fraction of sp³-hybridized carbons (Fsp3) is 0.611. The number of aryl methyl sites for hydroxylation is 2. The summed E-state index contributed by atoms with van der Waals surface area (Å²) in [5.41, 5.74) is 4.02. The van der Waals surface area contributed by atoms with Crippen molar-refractivity contribution in [1.29, 1.82) is 0 Å². The number of benzene rings is 1. The second-order valence-corrected chi connectivity index (χ2v) is 5.80. The van der Waals surface area contributed by atoms with Crippen LogP contribution in [0.5, 0.6) is 0 Å². The Morgan fingerprint density at radius 2 is 1.95 bits per heavy atom. The summed E-state index contributed by atoms with van der Waals surface area (Å²) in [4.78, 5) is 11.9. The topological polar surface area (TPSA) is 47.6 Å². The Kier molecular flexibility index (Phi) is 7.40. The van der Waals surface area contributed by atoms with Crippen LogP contribution < -0.4 is 5.32 Å². The van der Waals surface area contributed by atoms with E-state index in [9.17, 15) is 4.79 Å². The average Bonchev–Trinajstić information content (AvgIpc) is 2.54. The zero-order valence-corrected chi connectivity index (χ0v) is 13.5. The van der Waals surface area contributed by atoms with Gasteiger partial charge in [-0.15, -0.1) is 0 Å². The lowest BCUT2D eigenvalue weighted by Crippen LogP contribution is -2.27. The van der Waals surface area contributed by atoms with Crippen LogP contribution >= 0.6 is 0 Å². The van der Waals surface area contributed by atoms with E-state index in [1.807, 2.05) is 0 Å². The van der Waals surface area contributed by atoms with Crippen LogP contribution in [0.2, 0.25) is 0 Å². The number of fused-ring (bicyclic) bond motifs is 1. The number of ether oxygens (including phenoxy) is 2. The lowest BCUT2D eigenvalue weighted by atomic mass is 9.90. The number of rotatable bonds is 9. The third-order valence-corrected chi connectivity index (χ3v) is 4.00. The Morgan fingerprint density at radius 1 is 1.14 bits per heavy atom. The number of carbonyl (C=O) groups is 1. The first-order valence-corrected chi connectivity index (χ1v) is 8.23. The van der Waals surface area contributed by atoms with Crippen LogP contribution in [0, 0.1) is 0 Å². The van der Waals surface area contributed by atoms with Gasteiger partial charge in [-0.1, -0.05) is 18.2 Å². The Morgan fingerprint density at radius 3 is 2.77 bits per heavy atom. The van der Waals surface area contributed by atoms with E-state index in [0.29, 0.717) is 32.8 Å². The van der Waals surface area contributed by atoms with E-state index in [1.54, 1.807) is 7.11 Å². The minimum absolute atomic E-state index is 0.0904. The summed E-state index contributed by atoms with van der Waals surface area (Å²) in [5.74, 6) is 0.0904. The van der Waals surface area contributed by atoms with Crippen LogP contribution in [0.4, 0.5) is 0 Å². The van der Waals surface area contributed by atoms with Crippen LogP contribution in [0.15, 0.2) is 18.2 Å². The second kappa shape index (κ2) is 9.59. The number of carbonyl (C=O) groups excluding carboxylic acids is 1. The standard InChI is InChI=1S/C18H27NO3/c1-21-11-12-22-10-4-9-19-18(20)14-15-7-8-16-5-2-3-6-17(16)13-15/h7-8,13H,2-6,9-12,14H2,1H3,(H,19,20). The van der Waals surface area contributed by atoms with Gasteiger partial charge in [-0.2, -0.15) is 0 Å². The maximum Gasteiger partial charge on any atom is 0.224 e. The van der Waals surface area contributed by atoms with E-state index in [2.05, 4.69) is 23.5 Å². The zero-order chi connectivity index (χ0) is 15.6. The average molecular weight is 305 g/mol. The van der Waals surface area contributed by atoms with E-state index < -0.39 is 0 Å². The van der Waals surface area contributed by atoms with E-state index in [-0.39, 0.29) is 5.91 Å². The van der Waals surface area contributed by atoms with Gasteiger partial charge in [0.15, 0.2) is 0 Å². The number of nitrogens with one attached hydrogen (secondary N) is 1. The summed E-state index contributed by atoms with van der Waals surface area (Å²) in [5, 5.41) is 2.95. The van der Waals surface area contributed by atoms with E-state index >= 15 is 0 Å². The highest BCUT2D eigenvalue weighted by Crippen LogP contribution is 2.22. The molecule has 0 aliphatic heterocycles. The van der Waals surface area contributed by atoms with Gasteiger partial charge in [0.2, 0.25) is 5.91 Å². The first-order valence-electron chi connectivity index (χ1n) is 8.23. The van der Waals surface area contributed by atoms with Crippen molar-refractivity contribution in [3.63, 3.8) is 0 Å². The maximum atomic E-state index is 11.9. The highest BCUT2D eigenvalue weighted by Gasteiger charge is 2.10. The molecule has 1 aromatic rings. The zero-order valence-electron chi connectivity index (χ0n) is 13.5. The molecule has 1 aliphatic carbocycles. The third kappa shape index (κ3) is 5.78. The van der Waals surface area contributed by atoms with E-state index in [4.69, 9.17) is 9.47 Å². The first kappa shape index (κ1) is 17.0. The number of hydrogen-bond donors (Lipinski definition) is 1. The molecule has 0 fully saturated rings. The fourth-order valence-corrected chi connectivity index (χ4v) is 2.79. The van der Waals surface area contributed by atoms with Crippen molar-refractivity contribution in [3.8, 4) is 0 Å². The molecule has 0 bridgehead atoms. The molecule has 0 heterocycles. The summed E-state index contributed by atoms with van der Waals surface area (Å²) in [6.07, 6.45) is 6.21. The largest absolute Gasteiger partial charge is 0.382 e. The molecule has 0 saturated carbocycles. The highest BCUT2D eigenvalue weighted by atomic mass is 16.5. The third-order valence-electron chi connectivity index (χ3n) is 4.00. The molecule has 0 spiro atoms. The fourth-order valence-electron chi connectivity index (χ4n) is 2.79. The second-order valence-electron chi connectivity index (χ2n) is 5.80. The van der Waals surface area contributed by atoms with Crippen molar-refractivity contribution < 1.29 is 14.3 Å². The predicted octanol–water partition coefficient (Wildman–Crippen LogP) is 2.28. The lowest BCUT2D eigenvalue weighted by Gasteiger charge is -2.16. The first-order chi connectivity index (χ1) is 10.8. The molecule has 22 heavy (non-hydrogen) atoms. The van der Waals surface area contributed by atoms with Gasteiger partial charge in [-0.3, -0.25) is 4.79 Å². The lowest BCUT2D eigenvalue weighted by molar-refractivity contribution is -0.120. The molecule has 0 radical (unpaired) electrons. The minimum Gasteiger partial charge on any atom is -0.382 e. The molecular formula is C18H27NO3. The number of amides is 1. The Bertz CT molecular complexity index is 473. The molecule has 4 heteroatoms. The SMILES string of the molecule is COCCOCCCNC(=O)Cc1ccc2c(c1)CCCC2. The molecule has 0 unspecified atom stereocenters. The summed E-state index contributed by atoms with van der Waals surface area (Å²) in [6, 6.07) is 6.50. The van der Waals surface area contributed by atoms with Gasteiger partial charge in [-0.25, -0.2) is 0 Å². The predicted molar refractivity (Wildman–Crippen MR) is 87.1 cm³/mol. The summed E-state index contributed by atoms with van der Waals surface area (Å²) >= 11 is 0. The van der Waals surface area contributed by atoms with Gasteiger partial charge in [0, 0.05) is 20.3 Å². The molecular weight excluding hydrogens is 278 g/mol. The van der Waals surface area contributed by atoms with E-state index in [0.717, 1.165) is 18.4 Å². The van der Waals surface area contributed by atoms with Crippen molar-refractivity contribution in [3.05, 3.63) is 34.9 Å². The molecule has 0 aromatic heterocycles. The van der Waals surface area contributed by atoms with Crippen molar-refractivity contribution in [2.75, 3.05) is 33.5 Å². The van der Waals surface area contributed by atoms with Crippen molar-refractivity contribution in [2.24, 2.45) is 0 Å². The van der Waals surface area contributed by atoms with Crippen LogP contribution in [0.1, 0.15) is 36.0 Å². The summed E-state index contributed by atoms with van der Waals surface area (Å²) < 4.78 is 10.3. The van der Waals surface area contributed by atoms with Gasteiger partial charge in [0.05, 0.1) is 19.6 Å². The van der Waals surface area contributed by atoms with Gasteiger partial charge < -0.3 is 14.8 Å². The monoisotopic (exact) mass is 305 g/mol. The number of hydrogen-bond acceptors (Lipinski definition) is 3. The molecule has 4 nitrogen and oxygen atoms in total. The highest BCUT2D eigenvalue weighted by molar-refractivity contribution is 5.78. The van der Waals surface area contributed by atoms with Gasteiger partial charge >= 0.3 is 0 Å². The van der Waals surface area contributed by atoms with Crippen molar-refractivity contribution >= 4 is 5.91 Å². The molecule has 1 aromatic carbocycles. The molecule has 0 saturated heterocycles. The van der Waals surface area contributed by atoms with Crippen LogP contribution in [0.25, 0.3) is 0 Å². The number of methoxy groups -OCH3 is 1. The molecule has 0 atom stereocenters. The summed E-state index contributed by atoms with van der Waals surface area (Å²) in [6.45, 7) is 2.55. The van der Waals surface area contributed by atoms with Crippen molar-refractivity contribution in [1.82, 2.24) is 5.32 Å².